The summed E-state index contributed by atoms with van der Waals surface area (Å²) in [5.41, 5.74) is 3.27. The molecule has 0 aliphatic carbocycles. The lowest BCUT2D eigenvalue weighted by Gasteiger charge is -2.24. The van der Waals surface area contributed by atoms with E-state index < -0.39 is 9.84 Å². The van der Waals surface area contributed by atoms with E-state index in [2.05, 4.69) is 0 Å². The Hall–Kier alpha value is -2.14. The van der Waals surface area contributed by atoms with Crippen LogP contribution in [-0.4, -0.2) is 26.6 Å². The fourth-order valence-electron chi connectivity index (χ4n) is 3.07. The van der Waals surface area contributed by atoms with Gasteiger partial charge in [0.1, 0.15) is 0 Å². The number of anilines is 1. The Morgan fingerprint density at radius 1 is 1.17 bits per heavy atom. The van der Waals surface area contributed by atoms with Gasteiger partial charge in [-0.3, -0.25) is 4.79 Å². The molecule has 0 fully saturated rings. The number of carbonyl (C=O) groups excluding carboxylic acids is 1. The molecule has 0 saturated carbocycles. The maximum Gasteiger partial charge on any atom is 0.258 e. The number of hydrogen-bond donors (Lipinski definition) is 0. The van der Waals surface area contributed by atoms with Crippen LogP contribution in [0.5, 0.6) is 0 Å². The van der Waals surface area contributed by atoms with Gasteiger partial charge >= 0.3 is 0 Å². The van der Waals surface area contributed by atoms with E-state index in [9.17, 15) is 13.2 Å². The predicted molar refractivity (Wildman–Crippen MR) is 90.7 cm³/mol. The van der Waals surface area contributed by atoms with Crippen LogP contribution in [0.25, 0.3) is 0 Å². The van der Waals surface area contributed by atoms with Crippen LogP contribution < -0.4 is 4.90 Å². The molecule has 1 atom stereocenters. The van der Waals surface area contributed by atoms with E-state index in [4.69, 9.17) is 0 Å². The third-order valence-corrected chi connectivity index (χ3v) is 5.40. The topological polar surface area (TPSA) is 54.5 Å². The number of hydrogen-bond acceptors (Lipinski definition) is 3. The monoisotopic (exact) mass is 329 g/mol. The van der Waals surface area contributed by atoms with Crippen molar-refractivity contribution in [1.29, 1.82) is 0 Å². The van der Waals surface area contributed by atoms with Crippen molar-refractivity contribution >= 4 is 21.4 Å². The smallest absolute Gasteiger partial charge is 0.258 e. The first-order chi connectivity index (χ1) is 10.8. The molecule has 0 saturated heterocycles. The zero-order valence-corrected chi connectivity index (χ0v) is 14.2. The van der Waals surface area contributed by atoms with Gasteiger partial charge in [-0.2, -0.15) is 0 Å². The summed E-state index contributed by atoms with van der Waals surface area (Å²) in [6.07, 6.45) is 1.96. The van der Waals surface area contributed by atoms with Crippen molar-refractivity contribution < 1.29 is 13.2 Å². The highest BCUT2D eigenvalue weighted by Gasteiger charge is 2.32. The first-order valence-corrected chi connectivity index (χ1v) is 9.40. The molecular weight excluding hydrogens is 310 g/mol. The lowest BCUT2D eigenvalue weighted by Crippen LogP contribution is -2.36. The molecule has 120 valence electrons. The first kappa shape index (κ1) is 15.7. The van der Waals surface area contributed by atoms with E-state index in [0.29, 0.717) is 5.56 Å². The third-order valence-electron chi connectivity index (χ3n) is 4.29. The molecule has 0 aromatic heterocycles. The lowest BCUT2D eigenvalue weighted by molar-refractivity contribution is 0.0980. The summed E-state index contributed by atoms with van der Waals surface area (Å²) in [6.45, 7) is 3.83. The maximum atomic E-state index is 13.1. The summed E-state index contributed by atoms with van der Waals surface area (Å²) < 4.78 is 23.6. The Morgan fingerprint density at radius 2 is 1.87 bits per heavy atom. The number of rotatable bonds is 2. The van der Waals surface area contributed by atoms with E-state index in [-0.39, 0.29) is 16.8 Å². The summed E-state index contributed by atoms with van der Waals surface area (Å²) in [4.78, 5) is 15.0. The average Bonchev–Trinajstić information content (AvgIpc) is 2.81. The SMILES string of the molecule is Cc1ccc(S(C)(=O)=O)cc1C(=O)N1c2ccccc2C[C@H]1C. The molecule has 23 heavy (non-hydrogen) atoms. The Bertz CT molecular complexity index is 887. The molecule has 5 heteroatoms. The molecular formula is C18H19NO3S. The van der Waals surface area contributed by atoms with Gasteiger partial charge in [0.05, 0.1) is 4.90 Å². The van der Waals surface area contributed by atoms with E-state index in [1.165, 1.54) is 6.07 Å². The van der Waals surface area contributed by atoms with Crippen molar-refractivity contribution in [3.05, 3.63) is 59.2 Å². The van der Waals surface area contributed by atoms with Gasteiger partial charge in [0.2, 0.25) is 0 Å². The van der Waals surface area contributed by atoms with Gasteiger partial charge in [-0.1, -0.05) is 24.3 Å². The zero-order valence-electron chi connectivity index (χ0n) is 13.4. The van der Waals surface area contributed by atoms with Gasteiger partial charge in [-0.15, -0.1) is 0 Å². The summed E-state index contributed by atoms with van der Waals surface area (Å²) in [6, 6.07) is 12.6. The molecule has 0 bridgehead atoms. The molecule has 2 aromatic rings. The molecule has 1 heterocycles. The van der Waals surface area contributed by atoms with E-state index >= 15 is 0 Å². The minimum Gasteiger partial charge on any atom is -0.305 e. The average molecular weight is 329 g/mol. The highest BCUT2D eigenvalue weighted by molar-refractivity contribution is 7.90. The van der Waals surface area contributed by atoms with Crippen molar-refractivity contribution in [3.8, 4) is 0 Å². The van der Waals surface area contributed by atoms with E-state index in [1.807, 2.05) is 38.1 Å². The molecule has 0 N–H and O–H groups in total. The number of fused-ring (bicyclic) bond motifs is 1. The minimum absolute atomic E-state index is 0.0567. The molecule has 4 nitrogen and oxygen atoms in total. The molecule has 0 spiro atoms. The van der Waals surface area contributed by atoms with Crippen LogP contribution in [-0.2, 0) is 16.3 Å². The standard InChI is InChI=1S/C18H19NO3S/c1-12-8-9-15(23(3,21)22)11-16(12)18(20)19-13(2)10-14-6-4-5-7-17(14)19/h4-9,11,13H,10H2,1-3H3/t13-/m1/s1. The summed E-state index contributed by atoms with van der Waals surface area (Å²) in [5.74, 6) is -0.148. The van der Waals surface area contributed by atoms with Gasteiger partial charge in [-0.05, 0) is 49.6 Å². The van der Waals surface area contributed by atoms with Gasteiger partial charge < -0.3 is 4.90 Å². The normalized spacial score (nSPS) is 17.2. The quantitative estimate of drug-likeness (QED) is 0.851. The number of amides is 1. The van der Waals surface area contributed by atoms with Crippen LogP contribution >= 0.6 is 0 Å². The minimum atomic E-state index is -3.34. The number of nitrogens with zero attached hydrogens (tertiary/aromatic N) is 1. The van der Waals surface area contributed by atoms with Gasteiger partial charge in [0.15, 0.2) is 9.84 Å². The van der Waals surface area contributed by atoms with Crippen molar-refractivity contribution in [2.45, 2.75) is 31.2 Å². The second kappa shape index (κ2) is 5.49. The van der Waals surface area contributed by atoms with Gasteiger partial charge in [0, 0.05) is 23.5 Å². The Morgan fingerprint density at radius 3 is 2.57 bits per heavy atom. The maximum absolute atomic E-state index is 13.1. The Kier molecular flexibility index (Phi) is 3.76. The molecule has 0 radical (unpaired) electrons. The molecule has 2 aromatic carbocycles. The third kappa shape index (κ3) is 2.77. The van der Waals surface area contributed by atoms with Gasteiger partial charge in [-0.25, -0.2) is 8.42 Å². The van der Waals surface area contributed by atoms with Crippen molar-refractivity contribution in [3.63, 3.8) is 0 Å². The summed E-state index contributed by atoms with van der Waals surface area (Å²) in [7, 11) is -3.34. The predicted octanol–water partition coefficient (Wildman–Crippen LogP) is 2.99. The van der Waals surface area contributed by atoms with Crippen LogP contribution in [0.1, 0.15) is 28.4 Å². The second-order valence-electron chi connectivity index (χ2n) is 6.11. The number of aryl methyl sites for hydroxylation is 1. The Labute approximate surface area is 136 Å². The summed E-state index contributed by atoms with van der Waals surface area (Å²) in [5, 5.41) is 0. The summed E-state index contributed by atoms with van der Waals surface area (Å²) >= 11 is 0. The molecule has 3 rings (SSSR count). The van der Waals surface area contributed by atoms with Crippen molar-refractivity contribution in [2.75, 3.05) is 11.2 Å². The molecule has 1 aliphatic heterocycles. The highest BCUT2D eigenvalue weighted by atomic mass is 32.2. The lowest BCUT2D eigenvalue weighted by atomic mass is 10.1. The fourth-order valence-corrected chi connectivity index (χ4v) is 3.71. The van der Waals surface area contributed by atoms with Crippen LogP contribution in [0.4, 0.5) is 5.69 Å². The van der Waals surface area contributed by atoms with Crippen molar-refractivity contribution in [2.24, 2.45) is 0 Å². The number of sulfone groups is 1. The number of para-hydroxylation sites is 1. The van der Waals surface area contributed by atoms with Crippen LogP contribution in [0, 0.1) is 6.92 Å². The number of benzene rings is 2. The van der Waals surface area contributed by atoms with E-state index in [0.717, 1.165) is 29.5 Å². The molecule has 1 aliphatic rings. The molecule has 1 amide bonds. The van der Waals surface area contributed by atoms with Crippen LogP contribution in [0.2, 0.25) is 0 Å². The van der Waals surface area contributed by atoms with E-state index in [1.54, 1.807) is 17.0 Å². The van der Waals surface area contributed by atoms with Gasteiger partial charge in [0.25, 0.3) is 5.91 Å². The van der Waals surface area contributed by atoms with Crippen LogP contribution in [0.15, 0.2) is 47.4 Å². The highest BCUT2D eigenvalue weighted by Crippen LogP contribution is 2.33. The van der Waals surface area contributed by atoms with Crippen LogP contribution in [0.3, 0.4) is 0 Å². The first-order valence-electron chi connectivity index (χ1n) is 7.51. The van der Waals surface area contributed by atoms with Crippen molar-refractivity contribution in [1.82, 2.24) is 0 Å². The number of carbonyl (C=O) groups is 1. The molecule has 0 unspecified atom stereocenters. The fraction of sp³-hybridized carbons (Fsp3) is 0.278. The second-order valence-corrected chi connectivity index (χ2v) is 8.12. The zero-order chi connectivity index (χ0) is 16.8. The Balaban J connectivity index is 2.08. The largest absolute Gasteiger partial charge is 0.305 e.